The minimum atomic E-state index is -0.554. The number of aromatic nitrogens is 2. The Morgan fingerprint density at radius 2 is 1.70 bits per heavy atom. The number of rotatable bonds is 5. The van der Waals surface area contributed by atoms with E-state index in [1.165, 1.54) is 16.8 Å². The zero-order valence-electron chi connectivity index (χ0n) is 17.2. The average Bonchev–Trinajstić information content (AvgIpc) is 3.07. The van der Waals surface area contributed by atoms with Crippen LogP contribution in [0, 0.1) is 5.82 Å². The van der Waals surface area contributed by atoms with Crippen LogP contribution in [0.1, 0.15) is 27.2 Å². The van der Waals surface area contributed by atoms with Crippen molar-refractivity contribution in [3.05, 3.63) is 54.3 Å². The number of carbonyl (C=O) groups excluding carboxylic acids is 2. The summed E-state index contributed by atoms with van der Waals surface area (Å²) < 4.78 is 19.7. The number of nitrogens with zero attached hydrogens (tertiary/aromatic N) is 2. The van der Waals surface area contributed by atoms with E-state index in [-0.39, 0.29) is 11.8 Å². The van der Waals surface area contributed by atoms with Crippen LogP contribution in [0.2, 0.25) is 0 Å². The Labute approximate surface area is 174 Å². The van der Waals surface area contributed by atoms with Gasteiger partial charge in [0.15, 0.2) is 0 Å². The number of hydrogen-bond acceptors (Lipinski definition) is 4. The summed E-state index contributed by atoms with van der Waals surface area (Å²) in [4.78, 5) is 24.3. The SMILES string of the molecule is CC(C)(C)OC(=O)NCCCNC(=O)n1nc(-c2ccc(F)cc2)c2ccccc21. The first-order valence-electron chi connectivity index (χ1n) is 9.73. The fourth-order valence-corrected chi connectivity index (χ4v) is 2.91. The Morgan fingerprint density at radius 3 is 2.40 bits per heavy atom. The maximum absolute atomic E-state index is 13.3. The molecule has 3 aromatic rings. The molecule has 0 unspecified atom stereocenters. The first-order valence-corrected chi connectivity index (χ1v) is 9.73. The van der Waals surface area contributed by atoms with Gasteiger partial charge in [-0.05, 0) is 57.5 Å². The van der Waals surface area contributed by atoms with Crippen molar-refractivity contribution in [1.82, 2.24) is 20.4 Å². The average molecular weight is 412 g/mol. The van der Waals surface area contributed by atoms with Gasteiger partial charge >= 0.3 is 12.1 Å². The monoisotopic (exact) mass is 412 g/mol. The lowest BCUT2D eigenvalue weighted by atomic mass is 10.1. The first-order chi connectivity index (χ1) is 14.2. The summed E-state index contributed by atoms with van der Waals surface area (Å²) in [6.07, 6.45) is 0.0467. The molecule has 0 saturated heterocycles. The van der Waals surface area contributed by atoms with Gasteiger partial charge in [0, 0.05) is 24.0 Å². The number of halogens is 1. The molecule has 0 radical (unpaired) electrons. The summed E-state index contributed by atoms with van der Waals surface area (Å²) in [7, 11) is 0. The number of carbonyl (C=O) groups is 2. The van der Waals surface area contributed by atoms with E-state index in [0.717, 1.165) is 10.9 Å². The van der Waals surface area contributed by atoms with Crippen molar-refractivity contribution in [3.63, 3.8) is 0 Å². The Bertz CT molecular complexity index is 1040. The number of hydrogen-bond donors (Lipinski definition) is 2. The summed E-state index contributed by atoms with van der Waals surface area (Å²) in [6, 6.07) is 13.0. The molecule has 2 N–H and O–H groups in total. The highest BCUT2D eigenvalue weighted by atomic mass is 19.1. The lowest BCUT2D eigenvalue weighted by Gasteiger charge is -2.19. The molecule has 0 aliphatic rings. The van der Waals surface area contributed by atoms with Crippen LogP contribution in [-0.2, 0) is 4.74 Å². The van der Waals surface area contributed by atoms with Gasteiger partial charge in [-0.25, -0.2) is 14.0 Å². The zero-order valence-corrected chi connectivity index (χ0v) is 17.2. The zero-order chi connectivity index (χ0) is 21.7. The molecule has 3 rings (SSSR count). The van der Waals surface area contributed by atoms with Crippen molar-refractivity contribution < 1.29 is 18.7 Å². The van der Waals surface area contributed by atoms with Gasteiger partial charge in [0.25, 0.3) is 0 Å². The number of benzene rings is 2. The van der Waals surface area contributed by atoms with Gasteiger partial charge in [-0.1, -0.05) is 18.2 Å². The fourth-order valence-electron chi connectivity index (χ4n) is 2.91. The summed E-state index contributed by atoms with van der Waals surface area (Å²) in [5.74, 6) is -0.333. The van der Waals surface area contributed by atoms with E-state index in [1.807, 2.05) is 18.2 Å². The molecular formula is C22H25FN4O3. The second-order valence-electron chi connectivity index (χ2n) is 7.80. The fraction of sp³-hybridized carbons (Fsp3) is 0.318. The van der Waals surface area contributed by atoms with Crippen LogP contribution < -0.4 is 10.6 Å². The Balaban J connectivity index is 1.63. The molecule has 8 heteroatoms. The molecule has 1 heterocycles. The topological polar surface area (TPSA) is 85.3 Å². The van der Waals surface area contributed by atoms with Crippen LogP contribution in [0.5, 0.6) is 0 Å². The predicted octanol–water partition coefficient (Wildman–Crippen LogP) is 4.31. The highest BCUT2D eigenvalue weighted by molar-refractivity contribution is 5.98. The van der Waals surface area contributed by atoms with Crippen LogP contribution in [0.4, 0.5) is 14.0 Å². The van der Waals surface area contributed by atoms with Crippen molar-refractivity contribution >= 4 is 23.0 Å². The third-order valence-electron chi connectivity index (χ3n) is 4.20. The lowest BCUT2D eigenvalue weighted by molar-refractivity contribution is 0.0527. The highest BCUT2D eigenvalue weighted by Crippen LogP contribution is 2.27. The van der Waals surface area contributed by atoms with E-state index < -0.39 is 11.7 Å². The van der Waals surface area contributed by atoms with Crippen molar-refractivity contribution in [1.29, 1.82) is 0 Å². The molecule has 0 aliphatic carbocycles. The van der Waals surface area contributed by atoms with Crippen molar-refractivity contribution in [3.8, 4) is 11.3 Å². The normalized spacial score (nSPS) is 11.3. The standard InChI is InChI=1S/C22H25FN4O3/c1-22(2,3)30-21(29)25-14-6-13-24-20(28)27-18-8-5-4-7-17(18)19(26-27)15-9-11-16(23)12-10-15/h4-5,7-12H,6,13-14H2,1-3H3,(H,24,28)(H,25,29). The van der Waals surface area contributed by atoms with Gasteiger partial charge in [0.1, 0.15) is 17.1 Å². The van der Waals surface area contributed by atoms with Crippen LogP contribution in [0.3, 0.4) is 0 Å². The quantitative estimate of drug-likeness (QED) is 0.612. The molecule has 0 spiro atoms. The molecule has 7 nitrogen and oxygen atoms in total. The molecule has 0 aliphatic heterocycles. The molecule has 0 saturated carbocycles. The summed E-state index contributed by atoms with van der Waals surface area (Å²) in [5, 5.41) is 10.7. The van der Waals surface area contributed by atoms with Crippen LogP contribution in [0.15, 0.2) is 48.5 Å². The number of fused-ring (bicyclic) bond motifs is 1. The van der Waals surface area contributed by atoms with Gasteiger partial charge in [-0.3, -0.25) is 0 Å². The smallest absolute Gasteiger partial charge is 0.407 e. The van der Waals surface area contributed by atoms with Crippen molar-refractivity contribution in [2.24, 2.45) is 0 Å². The minimum Gasteiger partial charge on any atom is -0.444 e. The van der Waals surface area contributed by atoms with Gasteiger partial charge in [0.2, 0.25) is 0 Å². The number of nitrogens with one attached hydrogen (secondary N) is 2. The third-order valence-corrected chi connectivity index (χ3v) is 4.20. The van der Waals surface area contributed by atoms with Gasteiger partial charge < -0.3 is 15.4 Å². The molecule has 158 valence electrons. The van der Waals surface area contributed by atoms with Gasteiger partial charge in [-0.2, -0.15) is 9.78 Å². The van der Waals surface area contributed by atoms with E-state index in [2.05, 4.69) is 15.7 Å². The maximum Gasteiger partial charge on any atom is 0.407 e. The van der Waals surface area contributed by atoms with E-state index in [4.69, 9.17) is 4.74 Å². The Hall–Kier alpha value is -3.42. The second-order valence-corrected chi connectivity index (χ2v) is 7.80. The van der Waals surface area contributed by atoms with E-state index in [1.54, 1.807) is 39.0 Å². The highest BCUT2D eigenvalue weighted by Gasteiger charge is 2.17. The van der Waals surface area contributed by atoms with Crippen LogP contribution in [-0.4, -0.2) is 40.6 Å². The molecule has 0 fully saturated rings. The number of alkyl carbamates (subject to hydrolysis) is 1. The Kier molecular flexibility index (Phi) is 6.34. The minimum absolute atomic E-state index is 0.333. The summed E-state index contributed by atoms with van der Waals surface area (Å²) in [5.41, 5.74) is 1.43. The third kappa shape index (κ3) is 5.34. The molecule has 2 aromatic carbocycles. The van der Waals surface area contributed by atoms with E-state index in [0.29, 0.717) is 30.7 Å². The van der Waals surface area contributed by atoms with Crippen molar-refractivity contribution in [2.45, 2.75) is 32.8 Å². The predicted molar refractivity (Wildman–Crippen MR) is 113 cm³/mol. The summed E-state index contributed by atoms with van der Waals surface area (Å²) >= 11 is 0. The first kappa shape index (κ1) is 21.3. The molecule has 0 atom stereocenters. The molecule has 1 aromatic heterocycles. The molecule has 0 bridgehead atoms. The second kappa shape index (κ2) is 8.94. The van der Waals surface area contributed by atoms with Crippen LogP contribution >= 0.6 is 0 Å². The molecule has 2 amide bonds. The van der Waals surface area contributed by atoms with Crippen LogP contribution in [0.25, 0.3) is 22.2 Å². The van der Waals surface area contributed by atoms with Gasteiger partial charge in [0.05, 0.1) is 5.52 Å². The number of amides is 2. The largest absolute Gasteiger partial charge is 0.444 e. The molecular weight excluding hydrogens is 387 g/mol. The van der Waals surface area contributed by atoms with Gasteiger partial charge in [-0.15, -0.1) is 0 Å². The van der Waals surface area contributed by atoms with Crippen molar-refractivity contribution in [2.75, 3.05) is 13.1 Å². The molecule has 30 heavy (non-hydrogen) atoms. The number of ether oxygens (including phenoxy) is 1. The maximum atomic E-state index is 13.3. The lowest BCUT2D eigenvalue weighted by Crippen LogP contribution is -2.35. The Morgan fingerprint density at radius 1 is 1.03 bits per heavy atom. The van der Waals surface area contributed by atoms with E-state index in [9.17, 15) is 14.0 Å². The summed E-state index contributed by atoms with van der Waals surface area (Å²) in [6.45, 7) is 6.11. The number of para-hydroxylation sites is 1. The van der Waals surface area contributed by atoms with E-state index >= 15 is 0 Å².